The maximum absolute atomic E-state index is 6.15. The molecule has 4 nitrogen and oxygen atoms in total. The average molecular weight is 315 g/mol. The van der Waals surface area contributed by atoms with Gasteiger partial charge in [-0.2, -0.15) is 0 Å². The molecule has 6 heteroatoms. The second kappa shape index (κ2) is 5.75. The Morgan fingerprint density at radius 1 is 1.59 bits per heavy atom. The lowest BCUT2D eigenvalue weighted by molar-refractivity contribution is 0.556. The maximum atomic E-state index is 6.15. The Kier molecular flexibility index (Phi) is 4.31. The van der Waals surface area contributed by atoms with Crippen molar-refractivity contribution in [3.63, 3.8) is 0 Å². The lowest BCUT2D eigenvalue weighted by Crippen LogP contribution is -2.15. The van der Waals surface area contributed by atoms with E-state index in [1.165, 1.54) is 4.88 Å². The van der Waals surface area contributed by atoms with Crippen molar-refractivity contribution in [2.75, 3.05) is 0 Å². The van der Waals surface area contributed by atoms with E-state index >= 15 is 0 Å². The Hall–Kier alpha value is -0.720. The summed E-state index contributed by atoms with van der Waals surface area (Å²) in [4.78, 5) is 1.42. The van der Waals surface area contributed by atoms with E-state index in [-0.39, 0.29) is 6.04 Å². The maximum Gasteiger partial charge on any atom is 0.153 e. The molecule has 2 rings (SSSR count). The second-order valence-electron chi connectivity index (χ2n) is 3.97. The summed E-state index contributed by atoms with van der Waals surface area (Å²) in [5, 5.41) is 9.99. The summed E-state index contributed by atoms with van der Waals surface area (Å²) in [7, 11) is 1.87. The monoisotopic (exact) mass is 314 g/mol. The van der Waals surface area contributed by atoms with Crippen molar-refractivity contribution < 1.29 is 0 Å². The van der Waals surface area contributed by atoms with Crippen molar-refractivity contribution in [3.05, 3.63) is 32.7 Å². The first-order valence-corrected chi connectivity index (χ1v) is 7.19. The summed E-state index contributed by atoms with van der Waals surface area (Å²) in [5.41, 5.74) is 7.12. The number of hydrogen-bond donors (Lipinski definition) is 1. The van der Waals surface area contributed by atoms with Gasteiger partial charge in [-0.1, -0.05) is 11.3 Å². The second-order valence-corrected chi connectivity index (χ2v) is 5.75. The van der Waals surface area contributed by atoms with Gasteiger partial charge >= 0.3 is 0 Å². The highest BCUT2D eigenvalue weighted by atomic mass is 79.9. The summed E-state index contributed by atoms with van der Waals surface area (Å²) in [6, 6.07) is 4.24. The Morgan fingerprint density at radius 3 is 3.00 bits per heavy atom. The Balaban J connectivity index is 1.87. The molecule has 0 bridgehead atoms. The molecule has 17 heavy (non-hydrogen) atoms. The average Bonchev–Trinajstić information content (AvgIpc) is 2.89. The van der Waals surface area contributed by atoms with Gasteiger partial charge in [0.1, 0.15) is 0 Å². The largest absolute Gasteiger partial charge is 0.323 e. The highest BCUT2D eigenvalue weighted by molar-refractivity contribution is 9.10. The molecule has 2 aromatic rings. The zero-order valence-corrected chi connectivity index (χ0v) is 12.0. The van der Waals surface area contributed by atoms with E-state index in [1.54, 1.807) is 16.0 Å². The van der Waals surface area contributed by atoms with E-state index in [1.807, 2.05) is 7.05 Å². The minimum atomic E-state index is -0.00987. The Labute approximate surface area is 113 Å². The number of nitrogens with two attached hydrogens (primary N) is 1. The molecule has 92 valence electrons. The molecular weight excluding hydrogens is 300 g/mol. The van der Waals surface area contributed by atoms with Crippen molar-refractivity contribution in [1.29, 1.82) is 0 Å². The lowest BCUT2D eigenvalue weighted by atomic mass is 10.1. The lowest BCUT2D eigenvalue weighted by Gasteiger charge is -2.11. The summed E-state index contributed by atoms with van der Waals surface area (Å²) < 4.78 is 2.49. The minimum absolute atomic E-state index is 0.00987. The van der Waals surface area contributed by atoms with Crippen LogP contribution in [0.2, 0.25) is 0 Å². The van der Waals surface area contributed by atoms with Crippen LogP contribution in [-0.2, 0) is 13.5 Å². The van der Waals surface area contributed by atoms with Crippen LogP contribution in [-0.4, -0.2) is 15.0 Å². The highest BCUT2D eigenvalue weighted by Gasteiger charge is 2.15. The predicted octanol–water partition coefficient (Wildman–Crippen LogP) is 2.66. The predicted molar refractivity (Wildman–Crippen MR) is 72.9 cm³/mol. The quantitative estimate of drug-likeness (QED) is 0.923. The SMILES string of the molecule is Cn1nnc(Br)c1C(N)CCCc1cccs1. The normalized spacial score (nSPS) is 12.9. The molecule has 2 aromatic heterocycles. The van der Waals surface area contributed by atoms with E-state index in [2.05, 4.69) is 43.8 Å². The fraction of sp³-hybridized carbons (Fsp3) is 0.455. The van der Waals surface area contributed by atoms with Gasteiger partial charge in [-0.3, -0.25) is 0 Å². The van der Waals surface area contributed by atoms with Gasteiger partial charge in [0.2, 0.25) is 0 Å². The van der Waals surface area contributed by atoms with Gasteiger partial charge in [0.15, 0.2) is 4.60 Å². The molecule has 0 fully saturated rings. The van der Waals surface area contributed by atoms with Gasteiger partial charge in [0, 0.05) is 18.0 Å². The Morgan fingerprint density at radius 2 is 2.41 bits per heavy atom. The van der Waals surface area contributed by atoms with Gasteiger partial charge in [-0.05, 0) is 46.6 Å². The summed E-state index contributed by atoms with van der Waals surface area (Å²) in [6.45, 7) is 0. The molecule has 0 saturated carbocycles. The van der Waals surface area contributed by atoms with Gasteiger partial charge < -0.3 is 5.73 Å². The van der Waals surface area contributed by atoms with Crippen LogP contribution in [0, 0.1) is 0 Å². The molecule has 1 unspecified atom stereocenters. The topological polar surface area (TPSA) is 56.7 Å². The third kappa shape index (κ3) is 3.14. The van der Waals surface area contributed by atoms with E-state index in [0.29, 0.717) is 0 Å². The third-order valence-corrected chi connectivity index (χ3v) is 4.20. The number of rotatable bonds is 5. The number of halogens is 1. The van der Waals surface area contributed by atoms with Gasteiger partial charge in [-0.15, -0.1) is 16.4 Å². The van der Waals surface area contributed by atoms with Gasteiger partial charge in [0.05, 0.1) is 5.69 Å². The number of nitrogens with zero attached hydrogens (tertiary/aromatic N) is 3. The third-order valence-electron chi connectivity index (χ3n) is 2.70. The Bertz CT molecular complexity index is 446. The van der Waals surface area contributed by atoms with Gasteiger partial charge in [0.25, 0.3) is 0 Å². The first kappa shape index (κ1) is 12.7. The first-order chi connectivity index (χ1) is 8.18. The summed E-state index contributed by atoms with van der Waals surface area (Å²) in [5.74, 6) is 0. The molecule has 0 aliphatic rings. The van der Waals surface area contributed by atoms with Crippen LogP contribution < -0.4 is 5.73 Å². The molecule has 0 amide bonds. The molecule has 1 atom stereocenters. The molecule has 2 heterocycles. The van der Waals surface area contributed by atoms with Crippen LogP contribution in [0.25, 0.3) is 0 Å². The van der Waals surface area contributed by atoms with Crippen LogP contribution in [0.3, 0.4) is 0 Å². The van der Waals surface area contributed by atoms with Crippen LogP contribution in [0.15, 0.2) is 22.1 Å². The summed E-state index contributed by atoms with van der Waals surface area (Å²) in [6.07, 6.45) is 3.12. The zero-order valence-electron chi connectivity index (χ0n) is 9.64. The highest BCUT2D eigenvalue weighted by Crippen LogP contribution is 2.23. The molecule has 0 saturated heterocycles. The van der Waals surface area contributed by atoms with Crippen LogP contribution in [0.5, 0.6) is 0 Å². The number of aromatic nitrogens is 3. The minimum Gasteiger partial charge on any atom is -0.323 e. The molecular formula is C11H15BrN4S. The van der Waals surface area contributed by atoms with Crippen molar-refractivity contribution in [2.24, 2.45) is 12.8 Å². The fourth-order valence-corrected chi connectivity index (χ4v) is 3.19. The van der Waals surface area contributed by atoms with E-state index < -0.39 is 0 Å². The number of hydrogen-bond acceptors (Lipinski definition) is 4. The standard InChI is InChI=1S/C11H15BrN4S/c1-16-10(11(12)14-15-16)9(13)6-2-4-8-5-3-7-17-8/h3,5,7,9H,2,4,6,13H2,1H3. The molecule has 0 aliphatic heterocycles. The first-order valence-electron chi connectivity index (χ1n) is 5.51. The van der Waals surface area contributed by atoms with Crippen molar-refractivity contribution >= 4 is 27.3 Å². The van der Waals surface area contributed by atoms with Gasteiger partial charge in [-0.25, -0.2) is 4.68 Å². The zero-order chi connectivity index (χ0) is 12.3. The molecule has 0 radical (unpaired) electrons. The molecule has 0 spiro atoms. The van der Waals surface area contributed by atoms with Crippen molar-refractivity contribution in [1.82, 2.24) is 15.0 Å². The fourth-order valence-electron chi connectivity index (χ4n) is 1.82. The van der Waals surface area contributed by atoms with E-state index in [4.69, 9.17) is 5.73 Å². The van der Waals surface area contributed by atoms with Crippen LogP contribution in [0.4, 0.5) is 0 Å². The van der Waals surface area contributed by atoms with Crippen molar-refractivity contribution in [3.8, 4) is 0 Å². The molecule has 0 aliphatic carbocycles. The van der Waals surface area contributed by atoms with E-state index in [0.717, 1.165) is 29.6 Å². The van der Waals surface area contributed by atoms with Crippen molar-refractivity contribution in [2.45, 2.75) is 25.3 Å². The number of thiophene rings is 1. The summed E-state index contributed by atoms with van der Waals surface area (Å²) >= 11 is 5.17. The smallest absolute Gasteiger partial charge is 0.153 e. The molecule has 0 aromatic carbocycles. The van der Waals surface area contributed by atoms with E-state index in [9.17, 15) is 0 Å². The van der Waals surface area contributed by atoms with Crippen LogP contribution in [0.1, 0.15) is 29.5 Å². The van der Waals surface area contributed by atoms with Crippen LogP contribution >= 0.6 is 27.3 Å². The molecule has 2 N–H and O–H groups in total. The number of aryl methyl sites for hydroxylation is 2.